The van der Waals surface area contributed by atoms with Crippen molar-refractivity contribution < 1.29 is 14.3 Å². The Morgan fingerprint density at radius 3 is 2.50 bits per heavy atom. The van der Waals surface area contributed by atoms with Gasteiger partial charge in [-0.3, -0.25) is 4.79 Å². The van der Waals surface area contributed by atoms with Gasteiger partial charge in [-0.05, 0) is 58.8 Å². The van der Waals surface area contributed by atoms with E-state index in [0.717, 1.165) is 31.6 Å². The molecule has 8 nitrogen and oxygen atoms in total. The zero-order valence-corrected chi connectivity index (χ0v) is 21.5. The number of amides is 3. The molecular formula is C27H24IN5O3. The molecule has 182 valence electrons. The van der Waals surface area contributed by atoms with E-state index in [1.54, 1.807) is 4.90 Å². The smallest absolute Gasteiger partial charge is 0.316 e. The third-order valence-corrected chi connectivity index (χ3v) is 6.87. The van der Waals surface area contributed by atoms with Crippen LogP contribution in [0.2, 0.25) is 0 Å². The molecule has 9 heteroatoms. The highest BCUT2D eigenvalue weighted by Gasteiger charge is 2.36. The molecule has 0 saturated carbocycles. The molecule has 36 heavy (non-hydrogen) atoms. The van der Waals surface area contributed by atoms with Crippen molar-refractivity contribution in [1.29, 1.82) is 0 Å². The monoisotopic (exact) mass is 593 g/mol. The number of primary amides is 1. The number of hydrogen-bond donors (Lipinski definition) is 2. The first-order chi connectivity index (χ1) is 17.5. The average molecular weight is 593 g/mol. The van der Waals surface area contributed by atoms with Crippen molar-refractivity contribution in [1.82, 2.24) is 14.7 Å². The van der Waals surface area contributed by atoms with Crippen LogP contribution in [0.5, 0.6) is 0 Å². The van der Waals surface area contributed by atoms with Gasteiger partial charge in [0.1, 0.15) is 12.3 Å². The van der Waals surface area contributed by atoms with Crippen LogP contribution in [0.3, 0.4) is 0 Å². The molecule has 1 fully saturated rings. The van der Waals surface area contributed by atoms with Crippen LogP contribution in [0.1, 0.15) is 17.4 Å². The fourth-order valence-corrected chi connectivity index (χ4v) is 4.97. The van der Waals surface area contributed by atoms with Crippen molar-refractivity contribution in [2.75, 3.05) is 18.5 Å². The summed E-state index contributed by atoms with van der Waals surface area (Å²) in [6.45, 7) is 0.501. The van der Waals surface area contributed by atoms with E-state index in [9.17, 15) is 9.59 Å². The van der Waals surface area contributed by atoms with Gasteiger partial charge < -0.3 is 20.7 Å². The Balaban J connectivity index is 1.43. The van der Waals surface area contributed by atoms with Crippen LogP contribution in [0.15, 0.2) is 85.1 Å². The van der Waals surface area contributed by atoms with Crippen LogP contribution in [-0.2, 0) is 16.0 Å². The Bertz CT molecular complexity index is 1390. The molecule has 1 aromatic heterocycles. The number of para-hydroxylation sites is 1. The molecule has 0 unspecified atom stereocenters. The number of rotatable bonds is 7. The first-order valence-electron chi connectivity index (χ1n) is 11.5. The van der Waals surface area contributed by atoms with Gasteiger partial charge in [0.25, 0.3) is 5.91 Å². The topological polar surface area (TPSA) is 102 Å². The first kappa shape index (κ1) is 24.0. The van der Waals surface area contributed by atoms with E-state index >= 15 is 0 Å². The summed E-state index contributed by atoms with van der Waals surface area (Å²) in [7, 11) is 0. The lowest BCUT2D eigenvalue weighted by Crippen LogP contribution is -2.30. The Morgan fingerprint density at radius 2 is 1.81 bits per heavy atom. The van der Waals surface area contributed by atoms with Crippen LogP contribution in [0.4, 0.5) is 10.5 Å². The number of carbonyl (C=O) groups is 2. The maximum Gasteiger partial charge on any atom is 0.316 e. The second-order valence-electron chi connectivity index (χ2n) is 8.38. The summed E-state index contributed by atoms with van der Waals surface area (Å²) in [6, 6.07) is 24.9. The number of nitrogens with one attached hydrogen (secondary N) is 1. The van der Waals surface area contributed by atoms with Crippen LogP contribution < -0.4 is 11.1 Å². The summed E-state index contributed by atoms with van der Waals surface area (Å²) in [5, 5.41) is 7.48. The predicted molar refractivity (Wildman–Crippen MR) is 145 cm³/mol. The highest BCUT2D eigenvalue weighted by Crippen LogP contribution is 2.35. The van der Waals surface area contributed by atoms with Gasteiger partial charge in [-0.1, -0.05) is 54.6 Å². The van der Waals surface area contributed by atoms with E-state index in [2.05, 4.69) is 27.9 Å². The number of carbonyl (C=O) groups excluding carboxylic acids is 2. The summed E-state index contributed by atoms with van der Waals surface area (Å²) in [5.41, 5.74) is 10.4. The van der Waals surface area contributed by atoms with Crippen molar-refractivity contribution in [2.24, 2.45) is 5.73 Å². The van der Waals surface area contributed by atoms with Crippen LogP contribution in [0.25, 0.3) is 16.9 Å². The van der Waals surface area contributed by atoms with Gasteiger partial charge in [0, 0.05) is 27.4 Å². The van der Waals surface area contributed by atoms with Crippen LogP contribution in [0, 0.1) is 3.57 Å². The van der Waals surface area contributed by atoms with Crippen LogP contribution in [-0.4, -0.2) is 39.8 Å². The molecular weight excluding hydrogens is 569 g/mol. The zero-order chi connectivity index (χ0) is 25.1. The molecule has 2 heterocycles. The SMILES string of the molecule is NC(=O)Nc1ccc(CCN2C(=O)CO[C@@H]2c2cn(-c3ccccc3)nc2-c2ccccc2)cc1I. The standard InChI is InChI=1S/C27H24IN5O3/c28-22-15-18(11-12-23(22)30-27(29)35)13-14-32-24(34)17-36-26(32)21-16-33(20-9-5-2-6-10-20)31-25(21)19-7-3-1-4-8-19/h1-12,15-16,26H,13-14,17H2,(H3,29,30,35)/t26-/m1/s1. The molecule has 0 bridgehead atoms. The highest BCUT2D eigenvalue weighted by molar-refractivity contribution is 14.1. The maximum absolute atomic E-state index is 12.9. The molecule has 3 aromatic carbocycles. The largest absolute Gasteiger partial charge is 0.351 e. The molecule has 3 N–H and O–H groups in total. The van der Waals surface area contributed by atoms with E-state index in [0.29, 0.717) is 18.7 Å². The third-order valence-electron chi connectivity index (χ3n) is 5.98. The number of halogens is 1. The summed E-state index contributed by atoms with van der Waals surface area (Å²) in [4.78, 5) is 25.8. The molecule has 5 rings (SSSR count). The maximum atomic E-state index is 12.9. The minimum absolute atomic E-state index is 0.0222. The van der Waals surface area contributed by atoms with Crippen molar-refractivity contribution in [3.63, 3.8) is 0 Å². The number of nitrogens with two attached hydrogens (primary N) is 1. The fourth-order valence-electron chi connectivity index (χ4n) is 4.25. The molecule has 1 atom stereocenters. The Hall–Kier alpha value is -3.70. The number of hydrogen-bond acceptors (Lipinski definition) is 4. The summed E-state index contributed by atoms with van der Waals surface area (Å²) < 4.78 is 8.71. The van der Waals surface area contributed by atoms with Crippen molar-refractivity contribution >= 4 is 40.2 Å². The molecule has 0 aliphatic carbocycles. The van der Waals surface area contributed by atoms with Gasteiger partial charge in [0.05, 0.1) is 11.4 Å². The van der Waals surface area contributed by atoms with E-state index in [4.69, 9.17) is 15.6 Å². The number of ether oxygens (including phenoxy) is 1. The minimum atomic E-state index is -0.603. The number of benzene rings is 3. The second-order valence-corrected chi connectivity index (χ2v) is 9.55. The van der Waals surface area contributed by atoms with E-state index < -0.39 is 12.3 Å². The Kier molecular flexibility index (Phi) is 7.01. The number of urea groups is 1. The minimum Gasteiger partial charge on any atom is -0.351 e. The van der Waals surface area contributed by atoms with Gasteiger partial charge in [-0.15, -0.1) is 0 Å². The normalized spacial score (nSPS) is 15.3. The Morgan fingerprint density at radius 1 is 1.08 bits per heavy atom. The van der Waals surface area contributed by atoms with Gasteiger partial charge in [0.15, 0.2) is 6.23 Å². The first-order valence-corrected chi connectivity index (χ1v) is 12.5. The fraction of sp³-hybridized carbons (Fsp3) is 0.148. The molecule has 1 aliphatic heterocycles. The number of nitrogens with zero attached hydrogens (tertiary/aromatic N) is 3. The van der Waals surface area contributed by atoms with Gasteiger partial charge >= 0.3 is 6.03 Å². The van der Waals surface area contributed by atoms with Gasteiger partial charge in [0.2, 0.25) is 0 Å². The molecule has 1 saturated heterocycles. The lowest BCUT2D eigenvalue weighted by Gasteiger charge is -2.23. The summed E-state index contributed by atoms with van der Waals surface area (Å²) >= 11 is 2.16. The van der Waals surface area contributed by atoms with Gasteiger partial charge in [-0.2, -0.15) is 5.10 Å². The van der Waals surface area contributed by atoms with Crippen molar-refractivity contribution in [3.8, 4) is 16.9 Å². The lowest BCUT2D eigenvalue weighted by atomic mass is 10.1. The average Bonchev–Trinajstić information content (AvgIpc) is 3.49. The molecule has 4 aromatic rings. The molecule has 0 radical (unpaired) electrons. The Labute approximate surface area is 222 Å². The van der Waals surface area contributed by atoms with Crippen LogP contribution >= 0.6 is 22.6 Å². The van der Waals surface area contributed by atoms with E-state index in [1.165, 1.54) is 0 Å². The highest BCUT2D eigenvalue weighted by atomic mass is 127. The molecule has 0 spiro atoms. The lowest BCUT2D eigenvalue weighted by molar-refractivity contribution is -0.128. The third kappa shape index (κ3) is 5.12. The molecule has 1 aliphatic rings. The summed E-state index contributed by atoms with van der Waals surface area (Å²) in [6.07, 6.45) is 2.03. The number of anilines is 1. The van der Waals surface area contributed by atoms with Crippen molar-refractivity contribution in [3.05, 3.63) is 99.8 Å². The number of aromatic nitrogens is 2. The quantitative estimate of drug-likeness (QED) is 0.303. The second kappa shape index (κ2) is 10.5. The van der Waals surface area contributed by atoms with Gasteiger partial charge in [-0.25, -0.2) is 9.48 Å². The summed E-state index contributed by atoms with van der Waals surface area (Å²) in [5.74, 6) is -0.0619. The molecule has 3 amide bonds. The van der Waals surface area contributed by atoms with E-state index in [1.807, 2.05) is 89.7 Å². The zero-order valence-electron chi connectivity index (χ0n) is 19.3. The van der Waals surface area contributed by atoms with E-state index in [-0.39, 0.29) is 12.5 Å². The predicted octanol–water partition coefficient (Wildman–Crippen LogP) is 4.73. The van der Waals surface area contributed by atoms with Crippen molar-refractivity contribution in [2.45, 2.75) is 12.6 Å².